The van der Waals surface area contributed by atoms with Crippen LogP contribution < -0.4 is 15.2 Å². The van der Waals surface area contributed by atoms with E-state index in [2.05, 4.69) is 0 Å². The molecule has 0 aromatic heterocycles. The van der Waals surface area contributed by atoms with Gasteiger partial charge in [-0.2, -0.15) is 0 Å². The average molecular weight is 330 g/mol. The Balaban J connectivity index is 2.46. The number of benzene rings is 2. The average Bonchev–Trinajstić information content (AvgIpc) is 2.52. The minimum atomic E-state index is -4.10. The summed E-state index contributed by atoms with van der Waals surface area (Å²) >= 11 is 0. The molecule has 2 aromatic rings. The van der Waals surface area contributed by atoms with Gasteiger partial charge >= 0.3 is 0 Å². The Morgan fingerprint density at radius 3 is 2.41 bits per heavy atom. The predicted octanol–water partition coefficient (Wildman–Crippen LogP) is 1.72. The summed E-state index contributed by atoms with van der Waals surface area (Å²) in [4.78, 5) is -0.0864. The van der Waals surface area contributed by atoms with Crippen LogP contribution in [0.2, 0.25) is 0 Å². The summed E-state index contributed by atoms with van der Waals surface area (Å²) in [5.41, 5.74) is 4.90. The summed E-state index contributed by atoms with van der Waals surface area (Å²) in [6, 6.07) is 9.49. The molecule has 0 spiro atoms. The summed E-state index contributed by atoms with van der Waals surface area (Å²) in [5, 5.41) is 0.976. The fourth-order valence-electron chi connectivity index (χ4n) is 2.01. The lowest BCUT2D eigenvalue weighted by atomic mass is 10.1. The fraction of sp³-hybridized carbons (Fsp3) is 0.286. The Morgan fingerprint density at radius 1 is 1.18 bits per heavy atom. The van der Waals surface area contributed by atoms with Crippen LogP contribution in [0.1, 0.15) is 0 Å². The van der Waals surface area contributed by atoms with Crippen LogP contribution in [0.3, 0.4) is 0 Å². The van der Waals surface area contributed by atoms with Crippen LogP contribution in [0.15, 0.2) is 41.3 Å². The van der Waals surface area contributed by atoms with Crippen molar-refractivity contribution < 1.29 is 21.9 Å². The quantitative estimate of drug-likeness (QED) is 0.845. The first kappa shape index (κ1) is 16.6. The first-order valence-electron chi connectivity index (χ1n) is 6.44. The molecule has 0 aliphatic carbocycles. The largest absolute Gasteiger partial charge is 0.496 e. The van der Waals surface area contributed by atoms with Gasteiger partial charge in [0.1, 0.15) is 5.75 Å². The van der Waals surface area contributed by atoms with E-state index in [0.29, 0.717) is 16.5 Å². The fourth-order valence-corrected chi connectivity index (χ4v) is 3.28. The van der Waals surface area contributed by atoms with E-state index in [1.54, 1.807) is 24.3 Å². The van der Waals surface area contributed by atoms with E-state index in [1.165, 1.54) is 19.2 Å². The molecule has 0 saturated carbocycles. The number of hydrogen-bond acceptors (Lipinski definition) is 4. The number of nitrogens with one attached hydrogen (secondary N) is 1. The third-order valence-electron chi connectivity index (χ3n) is 3.17. The maximum absolute atomic E-state index is 13.2. The highest BCUT2D eigenvalue weighted by Gasteiger charge is 2.30. The molecule has 0 fully saturated rings. The molecule has 0 aliphatic heterocycles. The predicted molar refractivity (Wildman–Crippen MR) is 79.7 cm³/mol. The first-order chi connectivity index (χ1) is 10.3. The van der Waals surface area contributed by atoms with Crippen molar-refractivity contribution in [3.63, 3.8) is 0 Å². The van der Waals surface area contributed by atoms with Crippen LogP contribution in [-0.2, 0) is 10.0 Å². The van der Waals surface area contributed by atoms with Gasteiger partial charge in [-0.3, -0.25) is 0 Å². The van der Waals surface area contributed by atoms with Crippen LogP contribution in [-0.4, -0.2) is 34.5 Å². The number of rotatable bonds is 6. The highest BCUT2D eigenvalue weighted by Crippen LogP contribution is 2.30. The smallest absolute Gasteiger partial charge is 0.273 e. The molecule has 8 heteroatoms. The lowest BCUT2D eigenvalue weighted by Gasteiger charge is -2.16. The van der Waals surface area contributed by atoms with Gasteiger partial charge in [0.05, 0.1) is 25.1 Å². The minimum absolute atomic E-state index is 0.0864. The van der Waals surface area contributed by atoms with Crippen molar-refractivity contribution in [2.75, 3.05) is 20.2 Å². The van der Waals surface area contributed by atoms with Gasteiger partial charge in [0.25, 0.3) is 5.92 Å². The van der Waals surface area contributed by atoms with E-state index in [4.69, 9.17) is 10.5 Å². The maximum atomic E-state index is 13.2. The minimum Gasteiger partial charge on any atom is -0.496 e. The van der Waals surface area contributed by atoms with Crippen LogP contribution in [0, 0.1) is 0 Å². The van der Waals surface area contributed by atoms with Crippen molar-refractivity contribution >= 4 is 20.8 Å². The molecule has 0 radical (unpaired) electrons. The van der Waals surface area contributed by atoms with Gasteiger partial charge in [0.15, 0.2) is 0 Å². The van der Waals surface area contributed by atoms with Crippen molar-refractivity contribution in [3.8, 4) is 5.75 Å². The number of ether oxygens (including phenoxy) is 1. The van der Waals surface area contributed by atoms with Crippen LogP contribution in [0.25, 0.3) is 10.8 Å². The second-order valence-corrected chi connectivity index (χ2v) is 6.43. The van der Waals surface area contributed by atoms with E-state index in [-0.39, 0.29) is 4.90 Å². The molecule has 0 unspecified atom stereocenters. The van der Waals surface area contributed by atoms with Crippen LogP contribution in [0.5, 0.6) is 5.75 Å². The Hall–Kier alpha value is -1.77. The molecule has 0 amide bonds. The van der Waals surface area contributed by atoms with Gasteiger partial charge in [-0.25, -0.2) is 21.9 Å². The zero-order valence-corrected chi connectivity index (χ0v) is 12.7. The Kier molecular flexibility index (Phi) is 4.64. The molecular weight excluding hydrogens is 314 g/mol. The maximum Gasteiger partial charge on any atom is 0.273 e. The SMILES string of the molecule is COc1ccc(S(=O)(=O)NCC(F)(F)CN)c2ccccc12. The Labute approximate surface area is 127 Å². The van der Waals surface area contributed by atoms with Gasteiger partial charge in [-0.05, 0) is 12.1 Å². The van der Waals surface area contributed by atoms with Crippen molar-refractivity contribution in [1.29, 1.82) is 0 Å². The second-order valence-electron chi connectivity index (χ2n) is 4.70. The third kappa shape index (κ3) is 3.34. The number of nitrogens with two attached hydrogens (primary N) is 1. The Bertz CT molecular complexity index is 779. The molecule has 0 heterocycles. The van der Waals surface area contributed by atoms with Gasteiger partial charge in [0.2, 0.25) is 10.0 Å². The van der Waals surface area contributed by atoms with Crippen molar-refractivity contribution in [1.82, 2.24) is 4.72 Å². The number of hydrogen-bond donors (Lipinski definition) is 2. The number of sulfonamides is 1. The summed E-state index contributed by atoms with van der Waals surface area (Å²) in [5.74, 6) is -2.79. The monoisotopic (exact) mass is 330 g/mol. The highest BCUT2D eigenvalue weighted by atomic mass is 32.2. The summed E-state index contributed by atoms with van der Waals surface area (Å²) in [7, 11) is -2.63. The molecule has 0 aliphatic rings. The van der Waals surface area contributed by atoms with E-state index >= 15 is 0 Å². The zero-order chi connectivity index (χ0) is 16.4. The molecule has 0 bridgehead atoms. The Morgan fingerprint density at radius 2 is 1.82 bits per heavy atom. The van der Waals surface area contributed by atoms with Gasteiger partial charge in [0, 0.05) is 10.8 Å². The molecule has 5 nitrogen and oxygen atoms in total. The lowest BCUT2D eigenvalue weighted by molar-refractivity contribution is 0.0170. The number of alkyl halides is 2. The number of methoxy groups -OCH3 is 1. The van der Waals surface area contributed by atoms with Gasteiger partial charge in [-0.15, -0.1) is 0 Å². The molecule has 0 atom stereocenters. The normalized spacial score (nSPS) is 12.5. The molecule has 120 valence electrons. The molecule has 3 N–H and O–H groups in total. The van der Waals surface area contributed by atoms with Crippen molar-refractivity contribution in [3.05, 3.63) is 36.4 Å². The van der Waals surface area contributed by atoms with Crippen molar-refractivity contribution in [2.24, 2.45) is 5.73 Å². The highest BCUT2D eigenvalue weighted by molar-refractivity contribution is 7.89. The number of halogens is 2. The summed E-state index contributed by atoms with van der Waals surface area (Å²) < 4.78 is 58.0. The first-order valence-corrected chi connectivity index (χ1v) is 7.92. The zero-order valence-electron chi connectivity index (χ0n) is 11.8. The topological polar surface area (TPSA) is 81.4 Å². The molecule has 2 rings (SSSR count). The summed E-state index contributed by atoms with van der Waals surface area (Å²) in [6.45, 7) is -1.98. The van der Waals surface area contributed by atoms with Crippen LogP contribution >= 0.6 is 0 Å². The van der Waals surface area contributed by atoms with E-state index in [0.717, 1.165) is 0 Å². The third-order valence-corrected chi connectivity index (χ3v) is 4.63. The number of fused-ring (bicyclic) bond motifs is 1. The summed E-state index contributed by atoms with van der Waals surface area (Å²) in [6.07, 6.45) is 0. The molecule has 0 saturated heterocycles. The lowest BCUT2D eigenvalue weighted by Crippen LogP contribution is -2.41. The standard InChI is InChI=1S/C14H16F2N2O3S/c1-21-12-6-7-13(11-5-3-2-4-10(11)12)22(19,20)18-9-14(15,16)8-17/h2-7,18H,8-9,17H2,1H3. The molecule has 22 heavy (non-hydrogen) atoms. The van der Waals surface area contributed by atoms with E-state index in [1.807, 2.05) is 4.72 Å². The second kappa shape index (κ2) is 6.15. The van der Waals surface area contributed by atoms with Gasteiger partial charge < -0.3 is 10.5 Å². The van der Waals surface area contributed by atoms with E-state index in [9.17, 15) is 17.2 Å². The van der Waals surface area contributed by atoms with Gasteiger partial charge in [-0.1, -0.05) is 24.3 Å². The van der Waals surface area contributed by atoms with Crippen molar-refractivity contribution in [2.45, 2.75) is 10.8 Å². The molecular formula is C14H16F2N2O3S. The molecule has 2 aromatic carbocycles. The van der Waals surface area contributed by atoms with E-state index < -0.39 is 29.0 Å². The van der Waals surface area contributed by atoms with Crippen LogP contribution in [0.4, 0.5) is 8.78 Å².